The molecule has 198 valence electrons. The van der Waals surface area contributed by atoms with Crippen molar-refractivity contribution in [3.8, 4) is 5.75 Å². The molecular formula is C25H33BrN8O2S. The van der Waals surface area contributed by atoms with Gasteiger partial charge in [0.2, 0.25) is 11.0 Å². The predicted octanol–water partition coefficient (Wildman–Crippen LogP) is 2.25. The fraction of sp³-hybridized carbons (Fsp3) is 0.400. The van der Waals surface area contributed by atoms with Crippen LogP contribution in [0.15, 0.2) is 46.6 Å². The molecule has 0 radical (unpaired) electrons. The molecule has 4 rings (SSSR count). The third-order valence-electron chi connectivity index (χ3n) is 5.82. The van der Waals surface area contributed by atoms with Crippen LogP contribution in [0.1, 0.15) is 26.7 Å². The summed E-state index contributed by atoms with van der Waals surface area (Å²) in [6.07, 6.45) is 2.37. The minimum Gasteiger partial charge on any atom is -1.00 e. The van der Waals surface area contributed by atoms with Crippen LogP contribution in [0.4, 0.5) is 38.7 Å². The van der Waals surface area contributed by atoms with E-state index in [1.54, 1.807) is 13.2 Å². The van der Waals surface area contributed by atoms with Gasteiger partial charge in [-0.1, -0.05) is 5.10 Å². The van der Waals surface area contributed by atoms with E-state index in [0.29, 0.717) is 34.5 Å². The lowest BCUT2D eigenvalue weighted by Gasteiger charge is -2.16. The highest BCUT2D eigenvalue weighted by Gasteiger charge is 2.24. The quantitative estimate of drug-likeness (QED) is 0.294. The third kappa shape index (κ3) is 6.95. The monoisotopic (exact) mass is 588 g/mol. The number of aromatic nitrogens is 2. The molecule has 1 fully saturated rings. The molecule has 37 heavy (non-hydrogen) atoms. The number of anilines is 5. The van der Waals surface area contributed by atoms with Gasteiger partial charge < -0.3 is 42.2 Å². The molecule has 1 amide bonds. The molecule has 2 heterocycles. The number of rotatable bonds is 9. The topological polar surface area (TPSA) is 98.3 Å². The molecule has 2 aromatic carbocycles. The van der Waals surface area contributed by atoms with Crippen LogP contribution in [0.5, 0.6) is 5.75 Å². The summed E-state index contributed by atoms with van der Waals surface area (Å²) in [4.78, 5) is 16.3. The molecule has 0 aliphatic carbocycles. The average molecular weight is 590 g/mol. The van der Waals surface area contributed by atoms with E-state index in [2.05, 4.69) is 25.8 Å². The summed E-state index contributed by atoms with van der Waals surface area (Å²) in [5.41, 5.74) is 3.73. The molecule has 0 spiro atoms. The van der Waals surface area contributed by atoms with E-state index in [1.807, 2.05) is 60.9 Å². The number of aryl methyl sites for hydroxylation is 1. The van der Waals surface area contributed by atoms with Crippen molar-refractivity contribution in [1.29, 1.82) is 0 Å². The van der Waals surface area contributed by atoms with E-state index in [9.17, 15) is 4.79 Å². The standard InChI is InChI=1S/C25H32N8O2S.BrH/c1-6-33-24(36-25(30-33)32-13-7-8-14-32)29-28-21-16-23(35-5)22(15-20(21)26-17(2)34)27-18-9-11-19(12-10-18)31(3)4;/h9-12,15-16H,6-8,13-14H2,1-5H3,(H,26,27,34);1H. The van der Waals surface area contributed by atoms with Gasteiger partial charge in [0, 0.05) is 51.5 Å². The van der Waals surface area contributed by atoms with E-state index in [-0.39, 0.29) is 22.9 Å². The SMILES string of the molecule is CC[n+]1nc(N2CCCC2)sc1N=Nc1cc(OC)c(Nc2ccc(N(C)C)cc2)cc1NC(C)=O.[Br-]. The molecule has 0 bridgehead atoms. The van der Waals surface area contributed by atoms with Gasteiger partial charge in [0.1, 0.15) is 18.0 Å². The number of hydrogen-bond donors (Lipinski definition) is 2. The number of ether oxygens (including phenoxy) is 1. The summed E-state index contributed by atoms with van der Waals surface area (Å²) in [6, 6.07) is 11.6. The van der Waals surface area contributed by atoms with Crippen molar-refractivity contribution >= 4 is 55.9 Å². The van der Waals surface area contributed by atoms with Crippen LogP contribution >= 0.6 is 11.3 Å². The molecule has 1 saturated heterocycles. The second-order valence-corrected chi connectivity index (χ2v) is 9.63. The minimum atomic E-state index is -0.198. The number of nitrogens with one attached hydrogen (secondary N) is 2. The molecule has 10 nitrogen and oxygen atoms in total. The van der Waals surface area contributed by atoms with Crippen molar-refractivity contribution in [3.63, 3.8) is 0 Å². The summed E-state index contributed by atoms with van der Waals surface area (Å²) in [7, 11) is 5.60. The van der Waals surface area contributed by atoms with Gasteiger partial charge in [-0.25, -0.2) is 0 Å². The van der Waals surface area contributed by atoms with Crippen LogP contribution in [-0.2, 0) is 11.3 Å². The van der Waals surface area contributed by atoms with Crippen LogP contribution in [-0.4, -0.2) is 45.3 Å². The second kappa shape index (κ2) is 12.8. The Labute approximate surface area is 232 Å². The number of amides is 1. The lowest BCUT2D eigenvalue weighted by Crippen LogP contribution is -3.00. The van der Waals surface area contributed by atoms with Gasteiger partial charge >= 0.3 is 5.13 Å². The van der Waals surface area contributed by atoms with Crippen molar-refractivity contribution in [2.24, 2.45) is 10.2 Å². The Hall–Kier alpha value is -3.25. The second-order valence-electron chi connectivity index (χ2n) is 8.69. The van der Waals surface area contributed by atoms with E-state index in [4.69, 9.17) is 9.84 Å². The van der Waals surface area contributed by atoms with E-state index in [0.717, 1.165) is 29.6 Å². The van der Waals surface area contributed by atoms with Crippen molar-refractivity contribution in [1.82, 2.24) is 5.10 Å². The number of halogens is 1. The summed E-state index contributed by atoms with van der Waals surface area (Å²) in [5.74, 6) is 0.385. The molecule has 3 aromatic rings. The van der Waals surface area contributed by atoms with Gasteiger partial charge in [-0.15, -0.1) is 4.68 Å². The first-order valence-electron chi connectivity index (χ1n) is 12.0. The maximum absolute atomic E-state index is 12.0. The number of benzene rings is 2. The fourth-order valence-electron chi connectivity index (χ4n) is 3.92. The molecule has 0 unspecified atom stereocenters. The number of carbonyl (C=O) groups is 1. The molecule has 1 aromatic heterocycles. The predicted molar refractivity (Wildman–Crippen MR) is 145 cm³/mol. The molecular weight excluding hydrogens is 556 g/mol. The van der Waals surface area contributed by atoms with Gasteiger partial charge in [-0.05, 0) is 66.5 Å². The molecule has 0 atom stereocenters. The Morgan fingerprint density at radius 2 is 1.86 bits per heavy atom. The highest BCUT2D eigenvalue weighted by atomic mass is 79.9. The van der Waals surface area contributed by atoms with Crippen molar-refractivity contribution < 1.29 is 31.2 Å². The number of carbonyl (C=O) groups excluding carboxylic acids is 1. The van der Waals surface area contributed by atoms with E-state index < -0.39 is 0 Å². The molecule has 2 N–H and O–H groups in total. The zero-order valence-electron chi connectivity index (χ0n) is 21.8. The summed E-state index contributed by atoms with van der Waals surface area (Å²) in [6.45, 7) is 6.22. The minimum absolute atomic E-state index is 0. The van der Waals surface area contributed by atoms with Gasteiger partial charge in [-0.3, -0.25) is 4.79 Å². The number of methoxy groups -OCH3 is 1. The summed E-state index contributed by atoms with van der Waals surface area (Å²) >= 11 is 1.52. The molecule has 0 saturated carbocycles. The lowest BCUT2D eigenvalue weighted by molar-refractivity contribution is -0.733. The van der Waals surface area contributed by atoms with Gasteiger partial charge in [0.25, 0.3) is 0 Å². The normalized spacial score (nSPS) is 12.9. The van der Waals surface area contributed by atoms with Crippen LogP contribution in [0.2, 0.25) is 0 Å². The fourth-order valence-corrected chi connectivity index (χ4v) is 4.89. The number of nitrogens with zero attached hydrogens (tertiary/aromatic N) is 6. The Morgan fingerprint density at radius 1 is 1.16 bits per heavy atom. The highest BCUT2D eigenvalue weighted by molar-refractivity contribution is 7.18. The number of azo groups is 1. The molecule has 1 aliphatic heterocycles. The van der Waals surface area contributed by atoms with Crippen molar-refractivity contribution in [3.05, 3.63) is 36.4 Å². The lowest BCUT2D eigenvalue weighted by atomic mass is 10.2. The maximum atomic E-state index is 12.0. The average Bonchev–Trinajstić information content (AvgIpc) is 3.53. The maximum Gasteiger partial charge on any atom is 0.432 e. The Balaban J connectivity index is 0.00000380. The molecule has 1 aliphatic rings. The largest absolute Gasteiger partial charge is 1.00 e. The highest BCUT2D eigenvalue weighted by Crippen LogP contribution is 2.39. The summed E-state index contributed by atoms with van der Waals surface area (Å²) < 4.78 is 7.49. The van der Waals surface area contributed by atoms with Crippen LogP contribution in [0.3, 0.4) is 0 Å². The van der Waals surface area contributed by atoms with Gasteiger partial charge in [0.15, 0.2) is 0 Å². The zero-order chi connectivity index (χ0) is 25.7. The third-order valence-corrected chi connectivity index (χ3v) is 6.82. The molecule has 12 heteroatoms. The Morgan fingerprint density at radius 3 is 2.46 bits per heavy atom. The van der Waals surface area contributed by atoms with Gasteiger partial charge in [-0.2, -0.15) is 0 Å². The first-order chi connectivity index (χ1) is 17.4. The Bertz CT molecular complexity index is 1240. The van der Waals surface area contributed by atoms with Crippen molar-refractivity contribution in [2.45, 2.75) is 33.2 Å². The van der Waals surface area contributed by atoms with E-state index in [1.165, 1.54) is 31.1 Å². The van der Waals surface area contributed by atoms with Crippen LogP contribution < -0.4 is 46.8 Å². The van der Waals surface area contributed by atoms with Gasteiger partial charge in [0.05, 0.1) is 23.6 Å². The van der Waals surface area contributed by atoms with E-state index >= 15 is 0 Å². The zero-order valence-corrected chi connectivity index (χ0v) is 24.2. The van der Waals surface area contributed by atoms with Crippen molar-refractivity contribution in [2.75, 3.05) is 54.7 Å². The number of hydrogen-bond acceptors (Lipinski definition) is 9. The first-order valence-corrected chi connectivity index (χ1v) is 12.8. The van der Waals surface area contributed by atoms with Crippen LogP contribution in [0.25, 0.3) is 0 Å². The summed E-state index contributed by atoms with van der Waals surface area (Å²) in [5, 5.41) is 21.6. The van der Waals surface area contributed by atoms with Crippen LogP contribution in [0, 0.1) is 0 Å². The first kappa shape index (κ1) is 28.3. The smallest absolute Gasteiger partial charge is 0.432 e. The Kier molecular flexibility index (Phi) is 9.81.